The molecule has 0 aromatic heterocycles. The van der Waals surface area contributed by atoms with E-state index in [0.29, 0.717) is 6.42 Å². The molecule has 1 rings (SSSR count). The SMILES string of the molecule is CCCCS(=O)(=O)[C@@H]1C=C[C@H](OC(C)=O)[C@@H](COC(C)=O)O1. The van der Waals surface area contributed by atoms with Crippen molar-refractivity contribution in [3.63, 3.8) is 0 Å². The fourth-order valence-corrected chi connectivity index (χ4v) is 3.49. The topological polar surface area (TPSA) is 96.0 Å². The first kappa shape index (κ1) is 18.6. The number of ether oxygens (including phenoxy) is 3. The summed E-state index contributed by atoms with van der Waals surface area (Å²) in [6.07, 6.45) is 2.49. The molecule has 7 nitrogen and oxygen atoms in total. The normalized spacial score (nSPS) is 24.8. The van der Waals surface area contributed by atoms with Gasteiger partial charge < -0.3 is 14.2 Å². The van der Waals surface area contributed by atoms with Gasteiger partial charge in [0.25, 0.3) is 0 Å². The first-order chi connectivity index (χ1) is 10.3. The van der Waals surface area contributed by atoms with E-state index in [1.165, 1.54) is 26.0 Å². The van der Waals surface area contributed by atoms with Crippen LogP contribution in [0, 0.1) is 0 Å². The molecule has 22 heavy (non-hydrogen) atoms. The van der Waals surface area contributed by atoms with Crippen molar-refractivity contribution in [1.82, 2.24) is 0 Å². The van der Waals surface area contributed by atoms with E-state index in [1.807, 2.05) is 6.92 Å². The van der Waals surface area contributed by atoms with Gasteiger partial charge in [-0.2, -0.15) is 0 Å². The van der Waals surface area contributed by atoms with Crippen molar-refractivity contribution in [2.24, 2.45) is 0 Å². The Balaban J connectivity index is 2.84. The van der Waals surface area contributed by atoms with Gasteiger partial charge in [0.2, 0.25) is 0 Å². The van der Waals surface area contributed by atoms with Gasteiger partial charge in [0.05, 0.1) is 5.75 Å². The molecular weight excluding hydrogens is 312 g/mol. The summed E-state index contributed by atoms with van der Waals surface area (Å²) in [7, 11) is -3.46. The molecule has 0 unspecified atom stereocenters. The van der Waals surface area contributed by atoms with Crippen LogP contribution in [-0.2, 0) is 33.6 Å². The molecule has 126 valence electrons. The minimum Gasteiger partial charge on any atom is -0.463 e. The minimum absolute atomic E-state index is 0.0109. The molecule has 0 aromatic rings. The summed E-state index contributed by atoms with van der Waals surface area (Å²) in [6, 6.07) is 0. The van der Waals surface area contributed by atoms with Gasteiger partial charge in [0.1, 0.15) is 18.8 Å². The second-order valence-corrected chi connectivity index (χ2v) is 7.22. The molecule has 0 amide bonds. The summed E-state index contributed by atoms with van der Waals surface area (Å²) in [5.41, 5.74) is -1.12. The number of hydrogen-bond acceptors (Lipinski definition) is 7. The lowest BCUT2D eigenvalue weighted by molar-refractivity contribution is -0.160. The van der Waals surface area contributed by atoms with E-state index >= 15 is 0 Å². The van der Waals surface area contributed by atoms with Crippen molar-refractivity contribution in [2.45, 2.75) is 51.3 Å². The molecular formula is C14H22O7S. The third-order valence-corrected chi connectivity index (χ3v) is 4.86. The summed E-state index contributed by atoms with van der Waals surface area (Å²) < 4.78 is 39.7. The van der Waals surface area contributed by atoms with Crippen molar-refractivity contribution >= 4 is 21.8 Å². The number of carbonyl (C=O) groups excluding carboxylic acids is 2. The van der Waals surface area contributed by atoms with E-state index in [9.17, 15) is 18.0 Å². The Kier molecular flexibility index (Phi) is 7.02. The quantitative estimate of drug-likeness (QED) is 0.506. The summed E-state index contributed by atoms with van der Waals surface area (Å²) in [4.78, 5) is 22.0. The molecule has 1 aliphatic rings. The maximum Gasteiger partial charge on any atom is 0.303 e. The lowest BCUT2D eigenvalue weighted by Crippen LogP contribution is -2.44. The van der Waals surface area contributed by atoms with Crippen LogP contribution >= 0.6 is 0 Å². The predicted octanol–water partition coefficient (Wildman–Crippen LogP) is 0.977. The first-order valence-electron chi connectivity index (χ1n) is 7.12. The lowest BCUT2D eigenvalue weighted by Gasteiger charge is -2.31. The molecule has 0 saturated carbocycles. The van der Waals surface area contributed by atoms with Gasteiger partial charge in [0, 0.05) is 13.8 Å². The number of sulfone groups is 1. The fraction of sp³-hybridized carbons (Fsp3) is 0.714. The number of unbranched alkanes of at least 4 members (excludes halogenated alkanes) is 1. The molecule has 0 spiro atoms. The minimum atomic E-state index is -3.46. The summed E-state index contributed by atoms with van der Waals surface area (Å²) >= 11 is 0. The fourth-order valence-electron chi connectivity index (χ4n) is 1.93. The highest BCUT2D eigenvalue weighted by atomic mass is 32.2. The van der Waals surface area contributed by atoms with E-state index < -0.39 is 39.4 Å². The molecule has 0 aliphatic carbocycles. The molecule has 0 saturated heterocycles. The highest BCUT2D eigenvalue weighted by molar-refractivity contribution is 7.92. The smallest absolute Gasteiger partial charge is 0.303 e. The Morgan fingerprint density at radius 3 is 2.41 bits per heavy atom. The maximum absolute atomic E-state index is 12.2. The van der Waals surface area contributed by atoms with Crippen LogP contribution in [0.25, 0.3) is 0 Å². The monoisotopic (exact) mass is 334 g/mol. The van der Waals surface area contributed by atoms with Crippen LogP contribution < -0.4 is 0 Å². The maximum atomic E-state index is 12.2. The number of carbonyl (C=O) groups is 2. The Bertz CT molecular complexity index is 523. The Morgan fingerprint density at radius 2 is 1.86 bits per heavy atom. The zero-order valence-electron chi connectivity index (χ0n) is 13.0. The molecule has 1 heterocycles. The van der Waals surface area contributed by atoms with Crippen molar-refractivity contribution in [3.8, 4) is 0 Å². The largest absolute Gasteiger partial charge is 0.463 e. The van der Waals surface area contributed by atoms with Crippen LogP contribution in [0.2, 0.25) is 0 Å². The molecule has 8 heteroatoms. The molecule has 0 fully saturated rings. The number of rotatable bonds is 7. The molecule has 0 aromatic carbocycles. The van der Waals surface area contributed by atoms with Crippen LogP contribution in [0.1, 0.15) is 33.6 Å². The molecule has 3 atom stereocenters. The van der Waals surface area contributed by atoms with E-state index in [0.717, 1.165) is 6.42 Å². The van der Waals surface area contributed by atoms with Gasteiger partial charge in [-0.05, 0) is 18.6 Å². The van der Waals surface area contributed by atoms with Crippen LogP contribution in [0.4, 0.5) is 0 Å². The van der Waals surface area contributed by atoms with E-state index in [-0.39, 0.29) is 12.4 Å². The van der Waals surface area contributed by atoms with Crippen molar-refractivity contribution in [1.29, 1.82) is 0 Å². The molecule has 1 aliphatic heterocycles. The van der Waals surface area contributed by atoms with Crippen molar-refractivity contribution in [3.05, 3.63) is 12.2 Å². The van der Waals surface area contributed by atoms with Crippen LogP contribution in [0.5, 0.6) is 0 Å². The van der Waals surface area contributed by atoms with Crippen molar-refractivity contribution in [2.75, 3.05) is 12.4 Å². The van der Waals surface area contributed by atoms with E-state index in [2.05, 4.69) is 0 Å². The zero-order valence-corrected chi connectivity index (χ0v) is 13.8. The van der Waals surface area contributed by atoms with Crippen LogP contribution in [-0.4, -0.2) is 50.4 Å². The van der Waals surface area contributed by atoms with Gasteiger partial charge in [-0.15, -0.1) is 0 Å². The lowest BCUT2D eigenvalue weighted by atomic mass is 10.1. The van der Waals surface area contributed by atoms with Gasteiger partial charge in [-0.25, -0.2) is 8.42 Å². The van der Waals surface area contributed by atoms with Gasteiger partial charge in [0.15, 0.2) is 15.3 Å². The Morgan fingerprint density at radius 1 is 1.18 bits per heavy atom. The molecule has 0 radical (unpaired) electrons. The average Bonchev–Trinajstić information content (AvgIpc) is 2.43. The standard InChI is InChI=1S/C14H22O7S/c1-4-5-8-22(17,18)14-7-6-12(20-11(3)16)13(21-14)9-19-10(2)15/h6-7,12-14H,4-5,8-9H2,1-3H3/t12-,13+,14+/m0/s1. The Hall–Kier alpha value is -1.41. The summed E-state index contributed by atoms with van der Waals surface area (Å²) in [6.45, 7) is 4.18. The van der Waals surface area contributed by atoms with E-state index in [4.69, 9.17) is 14.2 Å². The predicted molar refractivity (Wildman–Crippen MR) is 78.7 cm³/mol. The average molecular weight is 334 g/mol. The van der Waals surface area contributed by atoms with E-state index in [1.54, 1.807) is 0 Å². The highest BCUT2D eigenvalue weighted by Crippen LogP contribution is 2.21. The van der Waals surface area contributed by atoms with Gasteiger partial charge in [-0.3, -0.25) is 9.59 Å². The van der Waals surface area contributed by atoms with Crippen molar-refractivity contribution < 1.29 is 32.2 Å². The van der Waals surface area contributed by atoms with Gasteiger partial charge >= 0.3 is 11.9 Å². The van der Waals surface area contributed by atoms with Gasteiger partial charge in [-0.1, -0.05) is 13.3 Å². The molecule has 0 N–H and O–H groups in total. The number of esters is 2. The number of hydrogen-bond donors (Lipinski definition) is 0. The van der Waals surface area contributed by atoms with Crippen LogP contribution in [0.15, 0.2) is 12.2 Å². The second-order valence-electron chi connectivity index (χ2n) is 5.02. The summed E-state index contributed by atoms with van der Waals surface area (Å²) in [5.74, 6) is -1.04. The Labute approximate surface area is 130 Å². The van der Waals surface area contributed by atoms with Crippen LogP contribution in [0.3, 0.4) is 0 Å². The summed E-state index contributed by atoms with van der Waals surface area (Å²) in [5, 5.41) is 0. The highest BCUT2D eigenvalue weighted by Gasteiger charge is 2.35. The molecule has 0 bridgehead atoms. The first-order valence-corrected chi connectivity index (χ1v) is 8.83. The second kappa shape index (κ2) is 8.28. The third kappa shape index (κ3) is 5.76. The third-order valence-electron chi connectivity index (χ3n) is 3.02. The zero-order chi connectivity index (χ0) is 16.8.